The van der Waals surface area contributed by atoms with E-state index in [0.29, 0.717) is 56.3 Å². The molecule has 10 nitrogen and oxygen atoms in total. The summed E-state index contributed by atoms with van der Waals surface area (Å²) in [6, 6.07) is 5.70. The summed E-state index contributed by atoms with van der Waals surface area (Å²) < 4.78 is 23.6. The number of ether oxygens (including phenoxy) is 1. The summed E-state index contributed by atoms with van der Waals surface area (Å²) in [5, 5.41) is 18.4. The number of carbonyl (C=O) groups is 1. The van der Waals surface area contributed by atoms with Gasteiger partial charge in [0.15, 0.2) is 5.82 Å². The molecular weight excluding hydrogens is 463 g/mol. The van der Waals surface area contributed by atoms with Crippen molar-refractivity contribution in [3.8, 4) is 6.07 Å². The van der Waals surface area contributed by atoms with Crippen molar-refractivity contribution >= 4 is 17.1 Å². The van der Waals surface area contributed by atoms with Crippen LogP contribution in [0.1, 0.15) is 42.5 Å². The third-order valence-corrected chi connectivity index (χ3v) is 7.63. The molecule has 0 aliphatic carbocycles. The van der Waals surface area contributed by atoms with Crippen LogP contribution >= 0.6 is 0 Å². The molecule has 0 bridgehead atoms. The first-order chi connectivity index (χ1) is 17.4. The summed E-state index contributed by atoms with van der Waals surface area (Å²) in [6.45, 7) is 9.25. The van der Waals surface area contributed by atoms with E-state index in [-0.39, 0.29) is 18.0 Å². The molecule has 0 aromatic carbocycles. The van der Waals surface area contributed by atoms with Gasteiger partial charge in [-0.05, 0) is 32.4 Å². The number of nitrogens with zero attached hydrogens (tertiary/aromatic N) is 8. The number of amides is 1. The number of morpholine rings is 1. The highest BCUT2D eigenvalue weighted by atomic mass is 19.1. The quantitative estimate of drug-likeness (QED) is 0.550. The number of aromatic nitrogens is 4. The number of rotatable bonds is 3. The van der Waals surface area contributed by atoms with Gasteiger partial charge in [-0.3, -0.25) is 14.4 Å². The van der Waals surface area contributed by atoms with Gasteiger partial charge in [-0.2, -0.15) is 15.5 Å². The molecular formula is C25H29FN8O2. The Hall–Kier alpha value is -3.49. The Morgan fingerprint density at radius 3 is 2.81 bits per heavy atom. The van der Waals surface area contributed by atoms with Gasteiger partial charge in [0.1, 0.15) is 17.3 Å². The standard InChI is InChI=1S/C25H29FN8O2/c1-16-9-19-21(13-32(16)24(35)15-30-5-7-36-8-6-30)29-33-17(2)12-31(14-23(19)33)22-4-3-18(10-27)34-25(22)20(26)11-28-34/h3-4,11,16-17H,5-9,12-15H2,1-2H3/t16-,17+/m0/s1. The molecule has 3 aliphatic rings. The van der Waals surface area contributed by atoms with Gasteiger partial charge >= 0.3 is 0 Å². The molecule has 6 heterocycles. The number of fused-ring (bicyclic) bond motifs is 4. The summed E-state index contributed by atoms with van der Waals surface area (Å²) >= 11 is 0. The van der Waals surface area contributed by atoms with Crippen LogP contribution in [-0.2, 0) is 29.0 Å². The van der Waals surface area contributed by atoms with Crippen molar-refractivity contribution < 1.29 is 13.9 Å². The SMILES string of the molecule is C[C@@H]1CN(c2ccc(C#N)n3ncc(F)c23)Cc2c3c(nn21)CN(C(=O)CN1CCOCC1)[C@@H](C)C3. The lowest BCUT2D eigenvalue weighted by Crippen LogP contribution is -2.49. The second-order valence-electron chi connectivity index (χ2n) is 9.98. The van der Waals surface area contributed by atoms with Crippen molar-refractivity contribution in [3.63, 3.8) is 0 Å². The van der Waals surface area contributed by atoms with Crippen molar-refractivity contribution in [1.82, 2.24) is 29.2 Å². The molecule has 3 aromatic heterocycles. The molecule has 0 saturated carbocycles. The van der Waals surface area contributed by atoms with Gasteiger partial charge in [-0.1, -0.05) is 0 Å². The summed E-state index contributed by atoms with van der Waals surface area (Å²) in [5.74, 6) is -0.314. The minimum atomic E-state index is -0.445. The van der Waals surface area contributed by atoms with E-state index in [2.05, 4.69) is 39.5 Å². The first-order valence-corrected chi connectivity index (χ1v) is 12.4. The number of hydrogen-bond acceptors (Lipinski definition) is 7. The molecule has 1 saturated heterocycles. The molecule has 3 aromatic rings. The van der Waals surface area contributed by atoms with Crippen molar-refractivity contribution in [1.29, 1.82) is 5.26 Å². The van der Waals surface area contributed by atoms with Gasteiger partial charge in [-0.25, -0.2) is 8.91 Å². The molecule has 0 unspecified atom stereocenters. The Labute approximate surface area is 208 Å². The van der Waals surface area contributed by atoms with Crippen LogP contribution in [0.25, 0.3) is 5.52 Å². The van der Waals surface area contributed by atoms with Gasteiger partial charge in [0.25, 0.3) is 0 Å². The molecule has 0 radical (unpaired) electrons. The molecule has 0 N–H and O–H groups in total. The number of anilines is 1. The van der Waals surface area contributed by atoms with Crippen LogP contribution in [-0.4, -0.2) is 80.5 Å². The fourth-order valence-electron chi connectivity index (χ4n) is 5.76. The van der Waals surface area contributed by atoms with Crippen LogP contribution in [0.2, 0.25) is 0 Å². The molecule has 188 valence electrons. The van der Waals surface area contributed by atoms with Crippen LogP contribution in [0.5, 0.6) is 0 Å². The maximum Gasteiger partial charge on any atom is 0.237 e. The van der Waals surface area contributed by atoms with Crippen LogP contribution in [0.15, 0.2) is 18.3 Å². The minimum Gasteiger partial charge on any atom is -0.379 e. The van der Waals surface area contributed by atoms with Crippen molar-refractivity contribution in [2.75, 3.05) is 44.3 Å². The third kappa shape index (κ3) is 3.72. The van der Waals surface area contributed by atoms with Crippen molar-refractivity contribution in [2.45, 2.75) is 45.4 Å². The molecule has 36 heavy (non-hydrogen) atoms. The lowest BCUT2D eigenvalue weighted by Gasteiger charge is -2.37. The Kier molecular flexibility index (Phi) is 5.65. The van der Waals surface area contributed by atoms with Gasteiger partial charge in [0.2, 0.25) is 5.91 Å². The molecule has 1 fully saturated rings. The number of hydrogen-bond donors (Lipinski definition) is 0. The average molecular weight is 493 g/mol. The van der Waals surface area contributed by atoms with E-state index in [0.717, 1.165) is 37.1 Å². The van der Waals surface area contributed by atoms with Crippen molar-refractivity contribution in [2.24, 2.45) is 0 Å². The molecule has 1 amide bonds. The van der Waals surface area contributed by atoms with Gasteiger partial charge in [-0.15, -0.1) is 0 Å². The van der Waals surface area contributed by atoms with E-state index in [1.807, 2.05) is 4.90 Å². The predicted octanol–water partition coefficient (Wildman–Crippen LogP) is 1.73. The highest BCUT2D eigenvalue weighted by molar-refractivity contribution is 5.79. The second kappa shape index (κ2) is 8.87. The van der Waals surface area contributed by atoms with E-state index in [4.69, 9.17) is 9.84 Å². The second-order valence-corrected chi connectivity index (χ2v) is 9.98. The van der Waals surface area contributed by atoms with Crippen LogP contribution < -0.4 is 4.90 Å². The number of carbonyl (C=O) groups excluding carboxylic acids is 1. The number of halogens is 1. The summed E-state index contributed by atoms with van der Waals surface area (Å²) in [6.07, 6.45) is 1.90. The zero-order valence-electron chi connectivity index (χ0n) is 20.5. The third-order valence-electron chi connectivity index (χ3n) is 7.63. The maximum absolute atomic E-state index is 14.7. The normalized spacial score (nSPS) is 22.4. The van der Waals surface area contributed by atoms with Crippen molar-refractivity contribution in [3.05, 3.63) is 46.8 Å². The lowest BCUT2D eigenvalue weighted by atomic mass is 9.96. The fourth-order valence-corrected chi connectivity index (χ4v) is 5.76. The Bertz CT molecular complexity index is 1370. The molecule has 0 spiro atoms. The zero-order chi connectivity index (χ0) is 25.0. The van der Waals surface area contributed by atoms with Crippen LogP contribution in [0, 0.1) is 17.1 Å². The first kappa shape index (κ1) is 22.9. The minimum absolute atomic E-state index is 0.0637. The van der Waals surface area contributed by atoms with E-state index in [1.54, 1.807) is 12.1 Å². The van der Waals surface area contributed by atoms with E-state index in [1.165, 1.54) is 10.1 Å². The first-order valence-electron chi connectivity index (χ1n) is 12.4. The highest BCUT2D eigenvalue weighted by Crippen LogP contribution is 2.35. The van der Waals surface area contributed by atoms with Crippen LogP contribution in [0.4, 0.5) is 10.1 Å². The zero-order valence-corrected chi connectivity index (χ0v) is 20.5. The monoisotopic (exact) mass is 492 g/mol. The molecule has 6 rings (SSSR count). The Morgan fingerprint density at radius 1 is 1.22 bits per heavy atom. The van der Waals surface area contributed by atoms with Gasteiger partial charge < -0.3 is 14.5 Å². The highest BCUT2D eigenvalue weighted by Gasteiger charge is 2.36. The van der Waals surface area contributed by atoms with E-state index < -0.39 is 5.82 Å². The summed E-state index contributed by atoms with van der Waals surface area (Å²) in [4.78, 5) is 19.4. The van der Waals surface area contributed by atoms with Gasteiger partial charge in [0.05, 0.1) is 62.2 Å². The Morgan fingerprint density at radius 2 is 2.03 bits per heavy atom. The topological polar surface area (TPSA) is 94.9 Å². The van der Waals surface area contributed by atoms with E-state index >= 15 is 0 Å². The van der Waals surface area contributed by atoms with E-state index in [9.17, 15) is 14.4 Å². The molecule has 3 aliphatic heterocycles. The lowest BCUT2D eigenvalue weighted by molar-refractivity contribution is -0.136. The Balaban J connectivity index is 1.28. The predicted molar refractivity (Wildman–Crippen MR) is 129 cm³/mol. The number of nitriles is 1. The fraction of sp³-hybridized carbons (Fsp3) is 0.520. The largest absolute Gasteiger partial charge is 0.379 e. The average Bonchev–Trinajstić information content (AvgIpc) is 3.44. The summed E-state index contributed by atoms with van der Waals surface area (Å²) in [5.41, 5.74) is 4.57. The molecule has 11 heteroatoms. The van der Waals surface area contributed by atoms with Crippen LogP contribution in [0.3, 0.4) is 0 Å². The summed E-state index contributed by atoms with van der Waals surface area (Å²) in [7, 11) is 0. The maximum atomic E-state index is 14.7. The molecule has 2 atom stereocenters. The number of pyridine rings is 1. The van der Waals surface area contributed by atoms with Gasteiger partial charge in [0, 0.05) is 31.2 Å². The smallest absolute Gasteiger partial charge is 0.237 e.